The number of carbonyl (C=O) groups is 2. The molecule has 6 heteroatoms. The first-order chi connectivity index (χ1) is 13.9. The van der Waals surface area contributed by atoms with Crippen LogP contribution >= 0.6 is 11.6 Å². The van der Waals surface area contributed by atoms with Crippen LogP contribution in [0.3, 0.4) is 0 Å². The van der Waals surface area contributed by atoms with E-state index < -0.39 is 0 Å². The Kier molecular flexibility index (Phi) is 6.39. The third-order valence-corrected chi connectivity index (χ3v) is 4.94. The van der Waals surface area contributed by atoms with Crippen molar-refractivity contribution in [1.82, 2.24) is 9.80 Å². The smallest absolute Gasteiger partial charge is 0.289 e. The average Bonchev–Trinajstić information content (AvgIpc) is 3.21. The second kappa shape index (κ2) is 8.97. The van der Waals surface area contributed by atoms with Gasteiger partial charge in [0.15, 0.2) is 5.76 Å². The van der Waals surface area contributed by atoms with E-state index in [4.69, 9.17) is 16.0 Å². The molecule has 3 rings (SSSR count). The van der Waals surface area contributed by atoms with Gasteiger partial charge in [0.2, 0.25) is 0 Å². The Morgan fingerprint density at radius 1 is 0.931 bits per heavy atom. The van der Waals surface area contributed by atoms with Crippen LogP contribution in [0.25, 0.3) is 11.3 Å². The van der Waals surface area contributed by atoms with Gasteiger partial charge < -0.3 is 14.2 Å². The molecule has 29 heavy (non-hydrogen) atoms. The van der Waals surface area contributed by atoms with E-state index in [9.17, 15) is 9.59 Å². The molecule has 0 spiro atoms. The summed E-state index contributed by atoms with van der Waals surface area (Å²) in [6.45, 7) is 2.87. The minimum Gasteiger partial charge on any atom is -0.451 e. The van der Waals surface area contributed by atoms with Crippen LogP contribution in [0.15, 0.2) is 65.1 Å². The minimum absolute atomic E-state index is 0.0531. The van der Waals surface area contributed by atoms with E-state index in [0.29, 0.717) is 29.4 Å². The lowest BCUT2D eigenvalue weighted by Crippen LogP contribution is -2.30. The molecule has 0 atom stereocenters. The number of nitrogens with zero attached hydrogens (tertiary/aromatic N) is 2. The SMILES string of the molecule is CCN(Cc1ccc(C(=O)N(C)C)cc1)C(=O)c1ccc(-c2ccccc2Cl)o1. The predicted octanol–water partition coefficient (Wildman–Crippen LogP) is 4.96. The van der Waals surface area contributed by atoms with E-state index in [1.54, 1.807) is 49.3 Å². The molecule has 0 bridgehead atoms. The molecule has 5 nitrogen and oxygen atoms in total. The maximum absolute atomic E-state index is 12.9. The average molecular weight is 411 g/mol. The molecule has 3 aromatic rings. The summed E-state index contributed by atoms with van der Waals surface area (Å²) in [4.78, 5) is 28.1. The molecule has 0 aliphatic carbocycles. The van der Waals surface area contributed by atoms with E-state index in [1.165, 1.54) is 4.90 Å². The summed E-state index contributed by atoms with van der Waals surface area (Å²) in [7, 11) is 3.43. The molecular weight excluding hydrogens is 388 g/mol. The second-order valence-electron chi connectivity index (χ2n) is 6.86. The van der Waals surface area contributed by atoms with Gasteiger partial charge in [0.25, 0.3) is 11.8 Å². The van der Waals surface area contributed by atoms with Crippen molar-refractivity contribution >= 4 is 23.4 Å². The molecule has 0 saturated heterocycles. The monoisotopic (exact) mass is 410 g/mol. The molecule has 2 aromatic carbocycles. The van der Waals surface area contributed by atoms with Gasteiger partial charge in [-0.05, 0) is 48.9 Å². The minimum atomic E-state index is -0.195. The summed E-state index contributed by atoms with van der Waals surface area (Å²) in [5.74, 6) is 0.574. The van der Waals surface area contributed by atoms with Crippen molar-refractivity contribution in [2.45, 2.75) is 13.5 Å². The molecule has 1 heterocycles. The van der Waals surface area contributed by atoms with Crippen LogP contribution in [-0.4, -0.2) is 42.3 Å². The van der Waals surface area contributed by atoms with E-state index in [-0.39, 0.29) is 17.6 Å². The van der Waals surface area contributed by atoms with Crippen LogP contribution in [0, 0.1) is 0 Å². The van der Waals surface area contributed by atoms with Gasteiger partial charge in [-0.3, -0.25) is 9.59 Å². The normalized spacial score (nSPS) is 10.6. The van der Waals surface area contributed by atoms with Gasteiger partial charge in [-0.25, -0.2) is 0 Å². The Morgan fingerprint density at radius 2 is 1.62 bits per heavy atom. The Morgan fingerprint density at radius 3 is 2.24 bits per heavy atom. The second-order valence-corrected chi connectivity index (χ2v) is 7.27. The van der Waals surface area contributed by atoms with E-state index in [2.05, 4.69) is 0 Å². The first-order valence-electron chi connectivity index (χ1n) is 9.35. The summed E-state index contributed by atoms with van der Waals surface area (Å²) >= 11 is 6.22. The van der Waals surface area contributed by atoms with Gasteiger partial charge >= 0.3 is 0 Å². The molecule has 0 aliphatic rings. The summed E-state index contributed by atoms with van der Waals surface area (Å²) in [5.41, 5.74) is 2.30. The number of amides is 2. The van der Waals surface area contributed by atoms with Crippen LogP contribution in [0.2, 0.25) is 5.02 Å². The maximum atomic E-state index is 12.9. The molecule has 0 N–H and O–H groups in total. The van der Waals surface area contributed by atoms with Crippen molar-refractivity contribution in [2.24, 2.45) is 0 Å². The van der Waals surface area contributed by atoms with Crippen molar-refractivity contribution < 1.29 is 14.0 Å². The lowest BCUT2D eigenvalue weighted by Gasteiger charge is -2.20. The molecule has 0 fully saturated rings. The fraction of sp³-hybridized carbons (Fsp3) is 0.217. The first kappa shape index (κ1) is 20.7. The molecule has 0 unspecified atom stereocenters. The number of carbonyl (C=O) groups excluding carboxylic acids is 2. The number of hydrogen-bond acceptors (Lipinski definition) is 3. The highest BCUT2D eigenvalue weighted by Gasteiger charge is 2.19. The Hall–Kier alpha value is -3.05. The fourth-order valence-corrected chi connectivity index (χ4v) is 3.20. The Labute approximate surface area is 175 Å². The zero-order valence-electron chi connectivity index (χ0n) is 16.7. The van der Waals surface area contributed by atoms with Crippen LogP contribution in [0.1, 0.15) is 33.4 Å². The van der Waals surface area contributed by atoms with Crippen LogP contribution in [0.4, 0.5) is 0 Å². The molecule has 0 saturated carbocycles. The summed E-state index contributed by atoms with van der Waals surface area (Å²) in [6, 6.07) is 18.1. The third kappa shape index (κ3) is 4.69. The Bertz CT molecular complexity index is 1010. The lowest BCUT2D eigenvalue weighted by atomic mass is 10.1. The molecular formula is C23H23ClN2O3. The van der Waals surface area contributed by atoms with Gasteiger partial charge in [-0.15, -0.1) is 0 Å². The van der Waals surface area contributed by atoms with Gasteiger partial charge in [-0.2, -0.15) is 0 Å². The summed E-state index contributed by atoms with van der Waals surface area (Å²) < 4.78 is 5.78. The molecule has 0 aliphatic heterocycles. The van der Waals surface area contributed by atoms with E-state index in [1.807, 2.05) is 37.3 Å². The third-order valence-electron chi connectivity index (χ3n) is 4.61. The van der Waals surface area contributed by atoms with Crippen molar-refractivity contribution in [1.29, 1.82) is 0 Å². The van der Waals surface area contributed by atoms with Crippen molar-refractivity contribution in [3.63, 3.8) is 0 Å². The number of furan rings is 1. The first-order valence-corrected chi connectivity index (χ1v) is 9.73. The van der Waals surface area contributed by atoms with Gasteiger partial charge in [0.05, 0.1) is 5.02 Å². The van der Waals surface area contributed by atoms with Gasteiger partial charge in [0.1, 0.15) is 5.76 Å². The topological polar surface area (TPSA) is 53.8 Å². The number of hydrogen-bond donors (Lipinski definition) is 0. The number of rotatable bonds is 6. The van der Waals surface area contributed by atoms with E-state index >= 15 is 0 Å². The quantitative estimate of drug-likeness (QED) is 0.576. The molecule has 1 aromatic heterocycles. The fourth-order valence-electron chi connectivity index (χ4n) is 2.97. The Balaban J connectivity index is 1.74. The molecule has 150 valence electrons. The summed E-state index contributed by atoms with van der Waals surface area (Å²) in [6.07, 6.45) is 0. The highest BCUT2D eigenvalue weighted by atomic mass is 35.5. The van der Waals surface area contributed by atoms with E-state index in [0.717, 1.165) is 11.1 Å². The molecule has 2 amide bonds. The zero-order chi connectivity index (χ0) is 21.0. The predicted molar refractivity (Wildman–Crippen MR) is 114 cm³/mol. The van der Waals surface area contributed by atoms with Crippen LogP contribution < -0.4 is 0 Å². The summed E-state index contributed by atoms with van der Waals surface area (Å²) in [5, 5.41) is 0.570. The van der Waals surface area contributed by atoms with Crippen molar-refractivity contribution in [3.8, 4) is 11.3 Å². The number of halogens is 1. The largest absolute Gasteiger partial charge is 0.451 e. The highest BCUT2D eigenvalue weighted by Crippen LogP contribution is 2.29. The van der Waals surface area contributed by atoms with Crippen molar-refractivity contribution in [2.75, 3.05) is 20.6 Å². The lowest BCUT2D eigenvalue weighted by molar-refractivity contribution is 0.0720. The molecule has 0 radical (unpaired) electrons. The van der Waals surface area contributed by atoms with Gasteiger partial charge in [-0.1, -0.05) is 35.9 Å². The maximum Gasteiger partial charge on any atom is 0.289 e. The highest BCUT2D eigenvalue weighted by molar-refractivity contribution is 6.33. The van der Waals surface area contributed by atoms with Gasteiger partial charge in [0, 0.05) is 38.3 Å². The van der Waals surface area contributed by atoms with Crippen LogP contribution in [0.5, 0.6) is 0 Å². The standard InChI is InChI=1S/C23H23ClN2O3/c1-4-26(15-16-9-11-17(12-10-16)22(27)25(2)3)23(28)21-14-13-20(29-21)18-7-5-6-8-19(18)24/h5-14H,4,15H2,1-3H3. The van der Waals surface area contributed by atoms with Crippen molar-refractivity contribution in [3.05, 3.63) is 82.6 Å². The number of benzene rings is 2. The van der Waals surface area contributed by atoms with Crippen LogP contribution in [-0.2, 0) is 6.54 Å². The zero-order valence-corrected chi connectivity index (χ0v) is 17.4.